The zero-order chi connectivity index (χ0) is 23.3. The first-order valence-corrected chi connectivity index (χ1v) is 11.8. The lowest BCUT2D eigenvalue weighted by molar-refractivity contribution is -0.125. The Morgan fingerprint density at radius 3 is 2.38 bits per heavy atom. The van der Waals surface area contributed by atoms with Crippen LogP contribution in [0.1, 0.15) is 12.5 Å². The average Bonchev–Trinajstić information content (AvgIpc) is 2.79. The summed E-state index contributed by atoms with van der Waals surface area (Å²) in [5.74, 6) is -1.17. The van der Waals surface area contributed by atoms with E-state index in [1.54, 1.807) is 11.8 Å². The SMILES string of the molecule is CC(C(=O)NC(=O)NCc1ccccc1)N1CCN(S(=O)(=O)c2ccc(F)c(Cl)c2)CC1. The lowest BCUT2D eigenvalue weighted by Crippen LogP contribution is -2.56. The second kappa shape index (κ2) is 10.4. The maximum absolute atomic E-state index is 13.4. The number of nitrogens with one attached hydrogen (secondary N) is 2. The summed E-state index contributed by atoms with van der Waals surface area (Å²) in [5, 5.41) is 4.68. The molecule has 1 fully saturated rings. The van der Waals surface area contributed by atoms with Crippen LogP contribution in [0.4, 0.5) is 9.18 Å². The fraction of sp³-hybridized carbons (Fsp3) is 0.333. The minimum atomic E-state index is -3.83. The quantitative estimate of drug-likeness (QED) is 0.657. The standard InChI is InChI=1S/C21H24ClFN4O4S/c1-15(20(28)25-21(29)24-14-16-5-3-2-4-6-16)26-9-11-27(12-10-26)32(30,31)17-7-8-19(23)18(22)13-17/h2-8,13,15H,9-12,14H2,1H3,(H2,24,25,28,29). The van der Waals surface area contributed by atoms with E-state index in [0.29, 0.717) is 13.1 Å². The molecule has 0 spiro atoms. The number of imide groups is 1. The molecule has 0 radical (unpaired) electrons. The summed E-state index contributed by atoms with van der Waals surface area (Å²) in [5.41, 5.74) is 0.905. The third-order valence-corrected chi connectivity index (χ3v) is 7.45. The number of nitrogens with zero attached hydrogens (tertiary/aromatic N) is 2. The highest BCUT2D eigenvalue weighted by Crippen LogP contribution is 2.23. The number of carbonyl (C=O) groups is 2. The Balaban J connectivity index is 1.50. The van der Waals surface area contributed by atoms with Gasteiger partial charge in [-0.05, 0) is 30.7 Å². The monoisotopic (exact) mass is 482 g/mol. The summed E-state index contributed by atoms with van der Waals surface area (Å²) < 4.78 is 40.2. The molecule has 2 N–H and O–H groups in total. The van der Waals surface area contributed by atoms with Crippen molar-refractivity contribution in [3.05, 3.63) is 64.9 Å². The molecule has 1 aliphatic heterocycles. The number of halogens is 2. The van der Waals surface area contributed by atoms with Gasteiger partial charge in [0.05, 0.1) is 16.0 Å². The molecule has 0 aliphatic carbocycles. The zero-order valence-electron chi connectivity index (χ0n) is 17.4. The molecule has 2 aromatic carbocycles. The van der Waals surface area contributed by atoms with Crippen LogP contribution in [0.2, 0.25) is 5.02 Å². The number of urea groups is 1. The van der Waals surface area contributed by atoms with Crippen molar-refractivity contribution in [2.75, 3.05) is 26.2 Å². The summed E-state index contributed by atoms with van der Waals surface area (Å²) >= 11 is 5.71. The minimum Gasteiger partial charge on any atom is -0.334 e. The van der Waals surface area contributed by atoms with Crippen molar-refractivity contribution in [2.24, 2.45) is 0 Å². The number of carbonyl (C=O) groups excluding carboxylic acids is 2. The van der Waals surface area contributed by atoms with Crippen LogP contribution in [0, 0.1) is 5.82 Å². The molecular weight excluding hydrogens is 459 g/mol. The van der Waals surface area contributed by atoms with E-state index in [2.05, 4.69) is 10.6 Å². The van der Waals surface area contributed by atoms with Gasteiger partial charge >= 0.3 is 6.03 Å². The highest BCUT2D eigenvalue weighted by Gasteiger charge is 2.32. The van der Waals surface area contributed by atoms with Gasteiger partial charge in [0.1, 0.15) is 5.82 Å². The summed E-state index contributed by atoms with van der Waals surface area (Å²) in [7, 11) is -3.83. The Labute approximate surface area is 191 Å². The van der Waals surface area contributed by atoms with E-state index in [0.717, 1.165) is 17.7 Å². The second-order valence-corrected chi connectivity index (χ2v) is 9.69. The maximum Gasteiger partial charge on any atom is 0.321 e. The van der Waals surface area contributed by atoms with Crippen LogP contribution in [-0.2, 0) is 21.4 Å². The summed E-state index contributed by atoms with van der Waals surface area (Å²) in [6.45, 7) is 2.84. The van der Waals surface area contributed by atoms with E-state index in [9.17, 15) is 22.4 Å². The fourth-order valence-corrected chi connectivity index (χ4v) is 5.02. The third kappa shape index (κ3) is 5.83. The van der Waals surface area contributed by atoms with Gasteiger partial charge < -0.3 is 5.32 Å². The van der Waals surface area contributed by atoms with E-state index in [1.807, 2.05) is 30.3 Å². The fourth-order valence-electron chi connectivity index (χ4n) is 3.32. The summed E-state index contributed by atoms with van der Waals surface area (Å²) in [6, 6.07) is 11.4. The number of amides is 3. The van der Waals surface area contributed by atoms with Gasteiger partial charge in [-0.2, -0.15) is 4.31 Å². The first-order valence-electron chi connectivity index (χ1n) is 10.0. The molecule has 3 amide bonds. The summed E-state index contributed by atoms with van der Waals surface area (Å²) in [6.07, 6.45) is 0. The van der Waals surface area contributed by atoms with Gasteiger partial charge in [0, 0.05) is 32.7 Å². The van der Waals surface area contributed by atoms with Crippen LogP contribution in [0.15, 0.2) is 53.4 Å². The van der Waals surface area contributed by atoms with Crippen LogP contribution >= 0.6 is 11.6 Å². The Bertz CT molecular complexity index is 1080. The van der Waals surface area contributed by atoms with Gasteiger partial charge in [0.15, 0.2) is 0 Å². The Kier molecular flexibility index (Phi) is 7.83. The molecule has 1 saturated heterocycles. The molecule has 0 saturated carbocycles. The first kappa shape index (κ1) is 24.1. The summed E-state index contributed by atoms with van der Waals surface area (Å²) in [4.78, 5) is 26.2. The van der Waals surface area contributed by atoms with Gasteiger partial charge in [0.2, 0.25) is 15.9 Å². The van der Waals surface area contributed by atoms with Gasteiger partial charge in [-0.25, -0.2) is 17.6 Å². The van der Waals surface area contributed by atoms with Crippen molar-refractivity contribution in [2.45, 2.75) is 24.4 Å². The van der Waals surface area contributed by atoms with E-state index < -0.39 is 33.8 Å². The van der Waals surface area contributed by atoms with Crippen molar-refractivity contribution in [3.63, 3.8) is 0 Å². The van der Waals surface area contributed by atoms with E-state index in [-0.39, 0.29) is 29.6 Å². The van der Waals surface area contributed by atoms with Crippen LogP contribution in [-0.4, -0.2) is 61.8 Å². The average molecular weight is 483 g/mol. The Hall–Kier alpha value is -2.53. The smallest absolute Gasteiger partial charge is 0.321 e. The van der Waals surface area contributed by atoms with Crippen LogP contribution in [0.25, 0.3) is 0 Å². The largest absolute Gasteiger partial charge is 0.334 e. The Morgan fingerprint density at radius 2 is 1.75 bits per heavy atom. The number of rotatable bonds is 6. The molecule has 1 heterocycles. The predicted octanol–water partition coefficient (Wildman–Crippen LogP) is 2.20. The van der Waals surface area contributed by atoms with Gasteiger partial charge in [-0.1, -0.05) is 41.9 Å². The molecule has 1 atom stereocenters. The number of hydrogen-bond acceptors (Lipinski definition) is 5. The van der Waals surface area contributed by atoms with Gasteiger partial charge in [-0.15, -0.1) is 0 Å². The second-order valence-electron chi connectivity index (χ2n) is 7.35. The van der Waals surface area contributed by atoms with Crippen molar-refractivity contribution in [3.8, 4) is 0 Å². The highest BCUT2D eigenvalue weighted by molar-refractivity contribution is 7.89. The Morgan fingerprint density at radius 1 is 1.09 bits per heavy atom. The van der Waals surface area contributed by atoms with Crippen molar-refractivity contribution < 1.29 is 22.4 Å². The normalized spacial score (nSPS) is 16.3. The molecule has 1 unspecified atom stereocenters. The molecule has 11 heteroatoms. The van der Waals surface area contributed by atoms with Crippen molar-refractivity contribution in [1.82, 2.24) is 19.8 Å². The minimum absolute atomic E-state index is 0.0850. The van der Waals surface area contributed by atoms with Crippen LogP contribution in [0.5, 0.6) is 0 Å². The van der Waals surface area contributed by atoms with Gasteiger partial charge in [0.25, 0.3) is 0 Å². The zero-order valence-corrected chi connectivity index (χ0v) is 19.0. The number of sulfonamides is 1. The molecule has 3 rings (SSSR count). The van der Waals surface area contributed by atoms with Crippen molar-refractivity contribution >= 4 is 33.6 Å². The van der Waals surface area contributed by atoms with Crippen LogP contribution in [0.3, 0.4) is 0 Å². The number of piperazine rings is 1. The molecular formula is C21H24ClFN4O4S. The van der Waals surface area contributed by atoms with E-state index in [4.69, 9.17) is 11.6 Å². The topological polar surface area (TPSA) is 98.8 Å². The molecule has 0 bridgehead atoms. The predicted molar refractivity (Wildman–Crippen MR) is 118 cm³/mol. The molecule has 0 aromatic heterocycles. The molecule has 172 valence electrons. The molecule has 2 aromatic rings. The van der Waals surface area contributed by atoms with Crippen LogP contribution < -0.4 is 10.6 Å². The third-order valence-electron chi connectivity index (χ3n) is 5.26. The molecule has 32 heavy (non-hydrogen) atoms. The molecule has 1 aliphatic rings. The van der Waals surface area contributed by atoms with E-state index in [1.165, 1.54) is 10.4 Å². The highest BCUT2D eigenvalue weighted by atomic mass is 35.5. The lowest BCUT2D eigenvalue weighted by Gasteiger charge is -2.36. The van der Waals surface area contributed by atoms with Crippen molar-refractivity contribution in [1.29, 1.82) is 0 Å². The van der Waals surface area contributed by atoms with E-state index >= 15 is 0 Å². The molecule has 8 nitrogen and oxygen atoms in total. The number of benzene rings is 2. The maximum atomic E-state index is 13.4. The lowest BCUT2D eigenvalue weighted by atomic mass is 10.2. The first-order chi connectivity index (χ1) is 15.2. The number of hydrogen-bond donors (Lipinski definition) is 2. The van der Waals surface area contributed by atoms with Gasteiger partial charge in [-0.3, -0.25) is 15.0 Å².